The van der Waals surface area contributed by atoms with Crippen molar-refractivity contribution in [3.05, 3.63) is 50.6 Å². The summed E-state index contributed by atoms with van der Waals surface area (Å²) in [7, 11) is 0. The fourth-order valence-corrected chi connectivity index (χ4v) is 3.42. The zero-order valence-corrected chi connectivity index (χ0v) is 12.8. The molecule has 0 aliphatic carbocycles. The highest BCUT2D eigenvalue weighted by molar-refractivity contribution is 7.99. The van der Waals surface area contributed by atoms with Crippen LogP contribution in [0.1, 0.15) is 4.88 Å². The van der Waals surface area contributed by atoms with Gasteiger partial charge < -0.3 is 5.32 Å². The lowest BCUT2D eigenvalue weighted by atomic mass is 10.4. The number of nitrogens with one attached hydrogen (secondary N) is 1. The first-order valence-electron chi connectivity index (χ1n) is 5.57. The predicted octanol–water partition coefficient (Wildman–Crippen LogP) is 4.94. The molecule has 0 unspecified atom stereocenters. The van der Waals surface area contributed by atoms with Crippen LogP contribution in [0.15, 0.2) is 41.3 Å². The molecule has 1 aromatic carbocycles. The summed E-state index contributed by atoms with van der Waals surface area (Å²) in [6.07, 6.45) is 0. The van der Waals surface area contributed by atoms with Crippen LogP contribution in [0, 0.1) is 0 Å². The zero-order chi connectivity index (χ0) is 12.8. The highest BCUT2D eigenvalue weighted by atomic mass is 35.5. The van der Waals surface area contributed by atoms with Crippen LogP contribution >= 0.6 is 46.3 Å². The number of hydrogen-bond acceptors (Lipinski definition) is 3. The first kappa shape index (κ1) is 14.2. The fraction of sp³-hybridized carbons (Fsp3) is 0.231. The Morgan fingerprint density at radius 1 is 1.06 bits per heavy atom. The topological polar surface area (TPSA) is 12.0 Å². The van der Waals surface area contributed by atoms with E-state index in [1.165, 1.54) is 9.77 Å². The van der Waals surface area contributed by atoms with Gasteiger partial charge in [0.1, 0.15) is 0 Å². The largest absolute Gasteiger partial charge is 0.311 e. The molecule has 2 rings (SSSR count). The van der Waals surface area contributed by atoms with Crippen LogP contribution in [0.25, 0.3) is 0 Å². The van der Waals surface area contributed by atoms with E-state index < -0.39 is 0 Å². The number of rotatable bonds is 6. The molecular formula is C13H13Cl2NS2. The van der Waals surface area contributed by atoms with Crippen molar-refractivity contribution in [1.82, 2.24) is 5.32 Å². The van der Waals surface area contributed by atoms with E-state index in [1.54, 1.807) is 11.3 Å². The van der Waals surface area contributed by atoms with Gasteiger partial charge in [0, 0.05) is 33.6 Å². The Balaban J connectivity index is 1.63. The molecule has 0 aliphatic rings. The van der Waals surface area contributed by atoms with Crippen molar-refractivity contribution in [2.75, 3.05) is 12.3 Å². The SMILES string of the molecule is Clc1ccc(SCCNCc2ccc(Cl)s2)cc1. The second-order valence-corrected chi connectivity index (χ2v) is 7.09. The third-order valence-electron chi connectivity index (χ3n) is 2.29. The van der Waals surface area contributed by atoms with Crippen LogP contribution in [-0.2, 0) is 6.54 Å². The van der Waals surface area contributed by atoms with Gasteiger partial charge in [-0.05, 0) is 36.4 Å². The van der Waals surface area contributed by atoms with Crippen LogP contribution in [0.3, 0.4) is 0 Å². The lowest BCUT2D eigenvalue weighted by molar-refractivity contribution is 0.741. The van der Waals surface area contributed by atoms with Crippen molar-refractivity contribution in [3.8, 4) is 0 Å². The molecule has 0 aliphatic heterocycles. The molecule has 0 saturated carbocycles. The molecule has 96 valence electrons. The lowest BCUT2D eigenvalue weighted by Crippen LogP contribution is -2.15. The van der Waals surface area contributed by atoms with Crippen molar-refractivity contribution in [2.45, 2.75) is 11.4 Å². The van der Waals surface area contributed by atoms with Crippen molar-refractivity contribution in [3.63, 3.8) is 0 Å². The summed E-state index contributed by atoms with van der Waals surface area (Å²) in [5, 5.41) is 4.19. The molecule has 0 radical (unpaired) electrons. The van der Waals surface area contributed by atoms with Gasteiger partial charge in [-0.15, -0.1) is 23.1 Å². The van der Waals surface area contributed by atoms with Crippen molar-refractivity contribution in [2.24, 2.45) is 0 Å². The number of thiophene rings is 1. The first-order valence-corrected chi connectivity index (χ1v) is 8.13. The summed E-state index contributed by atoms with van der Waals surface area (Å²) in [6, 6.07) is 11.9. The van der Waals surface area contributed by atoms with E-state index in [-0.39, 0.29) is 0 Å². The lowest BCUT2D eigenvalue weighted by Gasteiger charge is -2.03. The van der Waals surface area contributed by atoms with E-state index in [2.05, 4.69) is 11.4 Å². The van der Waals surface area contributed by atoms with E-state index in [4.69, 9.17) is 23.2 Å². The average molecular weight is 318 g/mol. The van der Waals surface area contributed by atoms with Crippen LogP contribution in [0.4, 0.5) is 0 Å². The molecule has 2 aromatic rings. The molecule has 1 aromatic heterocycles. The molecule has 18 heavy (non-hydrogen) atoms. The van der Waals surface area contributed by atoms with Gasteiger partial charge in [0.05, 0.1) is 4.34 Å². The summed E-state index contributed by atoms with van der Waals surface area (Å²) in [5.41, 5.74) is 0. The quantitative estimate of drug-likeness (QED) is 0.598. The Morgan fingerprint density at radius 3 is 2.50 bits per heavy atom. The Bertz CT molecular complexity index is 482. The van der Waals surface area contributed by atoms with Gasteiger partial charge in [0.2, 0.25) is 0 Å². The fourth-order valence-electron chi connectivity index (χ4n) is 1.43. The van der Waals surface area contributed by atoms with E-state index in [1.807, 2.05) is 42.1 Å². The maximum atomic E-state index is 5.87. The average Bonchev–Trinajstić information content (AvgIpc) is 2.77. The standard InChI is InChI=1S/C13H13Cl2NS2/c14-10-1-3-11(4-2-10)17-8-7-16-9-12-5-6-13(15)18-12/h1-6,16H,7-9H2. The van der Waals surface area contributed by atoms with Gasteiger partial charge in [-0.1, -0.05) is 23.2 Å². The van der Waals surface area contributed by atoms with Gasteiger partial charge in [-0.25, -0.2) is 0 Å². The van der Waals surface area contributed by atoms with Gasteiger partial charge in [-0.2, -0.15) is 0 Å². The van der Waals surface area contributed by atoms with Crippen molar-refractivity contribution < 1.29 is 0 Å². The highest BCUT2D eigenvalue weighted by Gasteiger charge is 1.98. The summed E-state index contributed by atoms with van der Waals surface area (Å²) in [5.74, 6) is 1.04. The predicted molar refractivity (Wildman–Crippen MR) is 83.2 cm³/mol. The molecule has 1 nitrogen and oxygen atoms in total. The van der Waals surface area contributed by atoms with Gasteiger partial charge in [0.25, 0.3) is 0 Å². The van der Waals surface area contributed by atoms with Crippen molar-refractivity contribution in [1.29, 1.82) is 0 Å². The second-order valence-electron chi connectivity index (χ2n) is 3.68. The number of halogens is 2. The van der Waals surface area contributed by atoms with Crippen LogP contribution in [-0.4, -0.2) is 12.3 Å². The van der Waals surface area contributed by atoms with E-state index in [0.717, 1.165) is 28.2 Å². The van der Waals surface area contributed by atoms with Gasteiger partial charge in [0.15, 0.2) is 0 Å². The number of thioether (sulfide) groups is 1. The van der Waals surface area contributed by atoms with Crippen molar-refractivity contribution >= 4 is 46.3 Å². The number of benzene rings is 1. The molecule has 0 bridgehead atoms. The molecule has 5 heteroatoms. The minimum absolute atomic E-state index is 0.784. The summed E-state index contributed by atoms with van der Waals surface area (Å²) in [6.45, 7) is 1.86. The highest BCUT2D eigenvalue weighted by Crippen LogP contribution is 2.21. The first-order chi connectivity index (χ1) is 8.74. The smallest absolute Gasteiger partial charge is 0.0931 e. The molecule has 0 atom stereocenters. The van der Waals surface area contributed by atoms with Crippen LogP contribution < -0.4 is 5.32 Å². The number of hydrogen-bond donors (Lipinski definition) is 1. The van der Waals surface area contributed by atoms with E-state index in [9.17, 15) is 0 Å². The molecular weight excluding hydrogens is 305 g/mol. The van der Waals surface area contributed by atoms with Gasteiger partial charge in [-0.3, -0.25) is 0 Å². The molecule has 1 N–H and O–H groups in total. The summed E-state index contributed by atoms with van der Waals surface area (Å²) < 4.78 is 0.849. The normalized spacial score (nSPS) is 10.8. The van der Waals surface area contributed by atoms with E-state index in [0.29, 0.717) is 0 Å². The molecule has 0 saturated heterocycles. The molecule has 0 fully saturated rings. The maximum absolute atomic E-state index is 5.87. The Morgan fingerprint density at radius 2 is 1.83 bits per heavy atom. The Kier molecular flexibility index (Phi) is 5.86. The van der Waals surface area contributed by atoms with Gasteiger partial charge >= 0.3 is 0 Å². The molecule has 0 amide bonds. The summed E-state index contributed by atoms with van der Waals surface area (Å²) in [4.78, 5) is 2.52. The van der Waals surface area contributed by atoms with E-state index >= 15 is 0 Å². The third kappa shape index (κ3) is 4.82. The zero-order valence-electron chi connectivity index (χ0n) is 9.66. The minimum Gasteiger partial charge on any atom is -0.311 e. The monoisotopic (exact) mass is 317 g/mol. The second kappa shape index (κ2) is 7.41. The molecule has 0 spiro atoms. The minimum atomic E-state index is 0.784. The Hall–Kier alpha value is -0.190. The van der Waals surface area contributed by atoms with Crippen LogP contribution in [0.2, 0.25) is 9.36 Å². The third-order valence-corrected chi connectivity index (χ3v) is 4.79. The van der Waals surface area contributed by atoms with Crippen LogP contribution in [0.5, 0.6) is 0 Å². The molecule has 1 heterocycles. The Labute approximate surface area is 126 Å². The maximum Gasteiger partial charge on any atom is 0.0931 e. The summed E-state index contributed by atoms with van der Waals surface area (Å²) >= 11 is 15.2.